The minimum atomic E-state index is 0.461. The number of hydrogen-bond acceptors (Lipinski definition) is 2. The van der Waals surface area contributed by atoms with Gasteiger partial charge >= 0.3 is 0 Å². The molecule has 0 aromatic rings. The van der Waals surface area contributed by atoms with Crippen LogP contribution in [-0.4, -0.2) is 19.3 Å². The molecular formula is C17H35NO. The Kier molecular flexibility index (Phi) is 10.5. The largest absolute Gasteiger partial charge is 0.378 e. The normalized spacial score (nSPS) is 23.7. The number of rotatable bonds is 11. The minimum Gasteiger partial charge on any atom is -0.378 e. The van der Waals surface area contributed by atoms with Gasteiger partial charge in [0.2, 0.25) is 0 Å². The van der Waals surface area contributed by atoms with E-state index in [1.807, 2.05) is 0 Å². The van der Waals surface area contributed by atoms with Crippen molar-refractivity contribution in [3.05, 3.63) is 0 Å². The van der Waals surface area contributed by atoms with Crippen molar-refractivity contribution in [3.8, 4) is 0 Å². The first-order chi connectivity index (χ1) is 9.38. The Hall–Kier alpha value is -0.0800. The SMILES string of the molecule is CCCCCCCCCCOC1CCCCC1CN. The van der Waals surface area contributed by atoms with E-state index in [4.69, 9.17) is 10.5 Å². The standard InChI is InChI=1S/C17H35NO/c1-2-3-4-5-6-7-8-11-14-19-17-13-10-9-12-16(17)15-18/h16-17H,2-15,18H2,1H3. The highest BCUT2D eigenvalue weighted by atomic mass is 16.5. The van der Waals surface area contributed by atoms with Gasteiger partial charge in [-0.05, 0) is 31.7 Å². The second-order valence-electron chi connectivity index (χ2n) is 6.16. The fourth-order valence-electron chi connectivity index (χ4n) is 3.13. The van der Waals surface area contributed by atoms with Crippen molar-refractivity contribution in [2.24, 2.45) is 11.7 Å². The van der Waals surface area contributed by atoms with E-state index in [1.165, 1.54) is 77.0 Å². The molecule has 0 bridgehead atoms. The summed E-state index contributed by atoms with van der Waals surface area (Å²) < 4.78 is 6.05. The lowest BCUT2D eigenvalue weighted by Crippen LogP contribution is -2.33. The summed E-state index contributed by atoms with van der Waals surface area (Å²) in [7, 11) is 0. The zero-order valence-electron chi connectivity index (χ0n) is 13.0. The average molecular weight is 269 g/mol. The van der Waals surface area contributed by atoms with Crippen LogP contribution in [0.2, 0.25) is 0 Å². The van der Waals surface area contributed by atoms with Crippen molar-refractivity contribution in [3.63, 3.8) is 0 Å². The summed E-state index contributed by atoms with van der Waals surface area (Å²) in [6, 6.07) is 0. The highest BCUT2D eigenvalue weighted by molar-refractivity contribution is 4.76. The summed E-state index contributed by atoms with van der Waals surface area (Å²) >= 11 is 0. The fraction of sp³-hybridized carbons (Fsp3) is 1.00. The Balaban J connectivity index is 1.89. The molecule has 2 unspecified atom stereocenters. The minimum absolute atomic E-state index is 0.461. The molecular weight excluding hydrogens is 234 g/mol. The van der Waals surface area contributed by atoms with E-state index in [-0.39, 0.29) is 0 Å². The van der Waals surface area contributed by atoms with E-state index in [9.17, 15) is 0 Å². The van der Waals surface area contributed by atoms with Gasteiger partial charge < -0.3 is 10.5 Å². The molecule has 0 aromatic carbocycles. The third kappa shape index (κ3) is 7.94. The number of hydrogen-bond donors (Lipinski definition) is 1. The molecule has 0 amide bonds. The summed E-state index contributed by atoms with van der Waals surface area (Å²) in [4.78, 5) is 0. The van der Waals surface area contributed by atoms with Gasteiger partial charge in [0.15, 0.2) is 0 Å². The fourth-order valence-corrected chi connectivity index (χ4v) is 3.13. The van der Waals surface area contributed by atoms with E-state index < -0.39 is 0 Å². The van der Waals surface area contributed by atoms with Crippen LogP contribution in [-0.2, 0) is 4.74 Å². The molecule has 0 spiro atoms. The second-order valence-corrected chi connectivity index (χ2v) is 6.16. The number of unbranched alkanes of at least 4 members (excludes halogenated alkanes) is 7. The number of nitrogens with two attached hydrogens (primary N) is 1. The van der Waals surface area contributed by atoms with E-state index in [0.29, 0.717) is 12.0 Å². The highest BCUT2D eigenvalue weighted by Gasteiger charge is 2.24. The molecule has 0 radical (unpaired) electrons. The van der Waals surface area contributed by atoms with E-state index in [2.05, 4.69) is 6.92 Å². The molecule has 1 rings (SSSR count). The van der Waals surface area contributed by atoms with Crippen LogP contribution in [0.1, 0.15) is 84.0 Å². The van der Waals surface area contributed by atoms with Gasteiger partial charge in [-0.25, -0.2) is 0 Å². The van der Waals surface area contributed by atoms with Gasteiger partial charge in [0.05, 0.1) is 6.10 Å². The molecule has 2 heteroatoms. The Morgan fingerprint density at radius 3 is 2.21 bits per heavy atom. The van der Waals surface area contributed by atoms with Crippen LogP contribution in [0.4, 0.5) is 0 Å². The quantitative estimate of drug-likeness (QED) is 0.554. The Labute approximate surface area is 120 Å². The van der Waals surface area contributed by atoms with Gasteiger partial charge in [-0.3, -0.25) is 0 Å². The maximum absolute atomic E-state index is 6.05. The lowest BCUT2D eigenvalue weighted by molar-refractivity contribution is -0.00949. The molecule has 0 saturated heterocycles. The molecule has 114 valence electrons. The summed E-state index contributed by atoms with van der Waals surface area (Å²) in [5.41, 5.74) is 5.82. The molecule has 1 aliphatic carbocycles. The third-order valence-corrected chi connectivity index (χ3v) is 4.47. The maximum atomic E-state index is 6.05. The van der Waals surface area contributed by atoms with Gasteiger partial charge in [-0.15, -0.1) is 0 Å². The predicted octanol–water partition coefficient (Wildman–Crippen LogP) is 4.66. The van der Waals surface area contributed by atoms with Crippen LogP contribution < -0.4 is 5.73 Å². The van der Waals surface area contributed by atoms with Gasteiger partial charge in [-0.2, -0.15) is 0 Å². The molecule has 2 nitrogen and oxygen atoms in total. The van der Waals surface area contributed by atoms with Crippen molar-refractivity contribution in [2.45, 2.75) is 90.1 Å². The first-order valence-corrected chi connectivity index (χ1v) is 8.70. The Morgan fingerprint density at radius 1 is 0.895 bits per heavy atom. The number of ether oxygens (including phenoxy) is 1. The molecule has 0 aliphatic heterocycles. The van der Waals surface area contributed by atoms with E-state index in [0.717, 1.165) is 13.2 Å². The Morgan fingerprint density at radius 2 is 1.53 bits per heavy atom. The zero-order chi connectivity index (χ0) is 13.8. The van der Waals surface area contributed by atoms with Gasteiger partial charge in [-0.1, -0.05) is 64.7 Å². The van der Waals surface area contributed by atoms with Gasteiger partial charge in [0.1, 0.15) is 0 Å². The molecule has 0 heterocycles. The maximum Gasteiger partial charge on any atom is 0.0615 e. The average Bonchev–Trinajstić information content (AvgIpc) is 2.46. The summed E-state index contributed by atoms with van der Waals surface area (Å²) in [5, 5.41) is 0. The first kappa shape index (κ1) is 17.0. The first-order valence-electron chi connectivity index (χ1n) is 8.70. The summed E-state index contributed by atoms with van der Waals surface area (Å²) in [6.07, 6.45) is 16.6. The van der Waals surface area contributed by atoms with E-state index in [1.54, 1.807) is 0 Å². The lowest BCUT2D eigenvalue weighted by atomic mass is 9.86. The monoisotopic (exact) mass is 269 g/mol. The molecule has 2 atom stereocenters. The molecule has 2 N–H and O–H groups in total. The van der Waals surface area contributed by atoms with Crippen molar-refractivity contribution in [2.75, 3.05) is 13.2 Å². The third-order valence-electron chi connectivity index (χ3n) is 4.47. The second kappa shape index (κ2) is 11.7. The van der Waals surface area contributed by atoms with Crippen LogP contribution in [0.3, 0.4) is 0 Å². The van der Waals surface area contributed by atoms with Gasteiger partial charge in [0, 0.05) is 6.61 Å². The van der Waals surface area contributed by atoms with Crippen LogP contribution in [0.25, 0.3) is 0 Å². The van der Waals surface area contributed by atoms with Crippen molar-refractivity contribution >= 4 is 0 Å². The zero-order valence-corrected chi connectivity index (χ0v) is 13.0. The lowest BCUT2D eigenvalue weighted by Gasteiger charge is -2.30. The summed E-state index contributed by atoms with van der Waals surface area (Å²) in [6.45, 7) is 4.04. The molecule has 1 fully saturated rings. The van der Waals surface area contributed by atoms with Gasteiger partial charge in [0.25, 0.3) is 0 Å². The van der Waals surface area contributed by atoms with Crippen molar-refractivity contribution in [1.29, 1.82) is 0 Å². The molecule has 19 heavy (non-hydrogen) atoms. The molecule has 1 saturated carbocycles. The van der Waals surface area contributed by atoms with Crippen LogP contribution >= 0.6 is 0 Å². The van der Waals surface area contributed by atoms with Crippen LogP contribution in [0.5, 0.6) is 0 Å². The van der Waals surface area contributed by atoms with Crippen molar-refractivity contribution in [1.82, 2.24) is 0 Å². The van der Waals surface area contributed by atoms with E-state index >= 15 is 0 Å². The van der Waals surface area contributed by atoms with Crippen molar-refractivity contribution < 1.29 is 4.74 Å². The summed E-state index contributed by atoms with van der Waals surface area (Å²) in [5.74, 6) is 0.628. The smallest absolute Gasteiger partial charge is 0.0615 e. The Bertz CT molecular complexity index is 196. The topological polar surface area (TPSA) is 35.2 Å². The molecule has 0 aromatic heterocycles. The predicted molar refractivity (Wildman–Crippen MR) is 83.4 cm³/mol. The highest BCUT2D eigenvalue weighted by Crippen LogP contribution is 2.26. The molecule has 1 aliphatic rings. The van der Waals surface area contributed by atoms with Crippen LogP contribution in [0.15, 0.2) is 0 Å². The van der Waals surface area contributed by atoms with Crippen LogP contribution in [0, 0.1) is 5.92 Å².